The largest absolute Gasteiger partial charge is 0.378 e. The van der Waals surface area contributed by atoms with Crippen molar-refractivity contribution >= 4 is 11.8 Å². The Morgan fingerprint density at radius 1 is 1.17 bits per heavy atom. The third-order valence-electron chi connectivity index (χ3n) is 3.64. The first-order valence-electron chi connectivity index (χ1n) is 6.78. The van der Waals surface area contributed by atoms with E-state index in [1.165, 1.54) is 0 Å². The van der Waals surface area contributed by atoms with E-state index in [1.54, 1.807) is 4.90 Å². The number of amides is 2. The Morgan fingerprint density at radius 2 is 1.83 bits per heavy atom. The number of likely N-dealkylation sites (tertiary alicyclic amines) is 1. The van der Waals surface area contributed by atoms with Gasteiger partial charge in [-0.25, -0.2) is 0 Å². The number of ether oxygens (including phenoxy) is 1. The first kappa shape index (κ1) is 13.3. The highest BCUT2D eigenvalue weighted by Crippen LogP contribution is 2.22. The summed E-state index contributed by atoms with van der Waals surface area (Å²) < 4.78 is 5.25. The van der Waals surface area contributed by atoms with Gasteiger partial charge in [0, 0.05) is 25.6 Å². The molecule has 2 aliphatic heterocycles. The summed E-state index contributed by atoms with van der Waals surface area (Å²) in [7, 11) is 0. The van der Waals surface area contributed by atoms with E-state index in [-0.39, 0.29) is 23.8 Å². The van der Waals surface area contributed by atoms with Gasteiger partial charge >= 0.3 is 0 Å². The van der Waals surface area contributed by atoms with Crippen LogP contribution >= 0.6 is 0 Å². The molecule has 5 heteroatoms. The lowest BCUT2D eigenvalue weighted by Gasteiger charge is -2.33. The van der Waals surface area contributed by atoms with Crippen molar-refractivity contribution < 1.29 is 14.3 Å². The molecule has 0 aliphatic carbocycles. The zero-order chi connectivity index (χ0) is 13.1. The molecule has 0 bridgehead atoms. The molecular formula is C13H22N2O3. The van der Waals surface area contributed by atoms with E-state index in [9.17, 15) is 9.59 Å². The molecule has 0 spiro atoms. The normalized spacial score (nSPS) is 24.7. The van der Waals surface area contributed by atoms with Crippen LogP contribution in [-0.2, 0) is 14.3 Å². The number of carbonyl (C=O) groups excluding carboxylic acids is 2. The Bertz CT molecular complexity index is 324. The molecule has 0 aromatic heterocycles. The van der Waals surface area contributed by atoms with Crippen LogP contribution in [0.25, 0.3) is 0 Å². The van der Waals surface area contributed by atoms with Crippen LogP contribution in [-0.4, -0.2) is 60.5 Å². The van der Waals surface area contributed by atoms with Crippen LogP contribution in [0.4, 0.5) is 0 Å². The molecule has 5 nitrogen and oxygen atoms in total. The Labute approximate surface area is 108 Å². The maximum absolute atomic E-state index is 12.4. The van der Waals surface area contributed by atoms with Gasteiger partial charge in [0.05, 0.1) is 13.2 Å². The van der Waals surface area contributed by atoms with Crippen molar-refractivity contribution in [2.75, 3.05) is 32.8 Å². The van der Waals surface area contributed by atoms with Gasteiger partial charge in [-0.05, 0) is 12.8 Å². The molecule has 0 aromatic rings. The summed E-state index contributed by atoms with van der Waals surface area (Å²) in [4.78, 5) is 28.1. The van der Waals surface area contributed by atoms with E-state index in [0.29, 0.717) is 26.3 Å². The maximum atomic E-state index is 12.4. The standard InChI is InChI=1S/C13H22N2O3/c1-10(2)12(16)15-5-3-4-11(15)13(17)14-6-8-18-9-7-14/h10-11H,3-9H2,1-2H3. The summed E-state index contributed by atoms with van der Waals surface area (Å²) in [5.74, 6) is 0.159. The number of hydrogen-bond acceptors (Lipinski definition) is 3. The molecule has 2 fully saturated rings. The van der Waals surface area contributed by atoms with Gasteiger partial charge in [-0.15, -0.1) is 0 Å². The van der Waals surface area contributed by atoms with Crippen molar-refractivity contribution in [3.05, 3.63) is 0 Å². The minimum Gasteiger partial charge on any atom is -0.378 e. The van der Waals surface area contributed by atoms with E-state index < -0.39 is 0 Å². The Balaban J connectivity index is 2.01. The predicted molar refractivity (Wildman–Crippen MR) is 67.0 cm³/mol. The zero-order valence-electron chi connectivity index (χ0n) is 11.2. The topological polar surface area (TPSA) is 49.9 Å². The predicted octanol–water partition coefficient (Wildman–Crippen LogP) is 0.492. The summed E-state index contributed by atoms with van der Waals surface area (Å²) in [5, 5.41) is 0. The summed E-state index contributed by atoms with van der Waals surface area (Å²) in [6.45, 7) is 7.01. The molecule has 0 N–H and O–H groups in total. The molecule has 1 atom stereocenters. The minimum absolute atomic E-state index is 0.0388. The number of rotatable bonds is 2. The fourth-order valence-electron chi connectivity index (χ4n) is 2.61. The van der Waals surface area contributed by atoms with Crippen LogP contribution in [0.1, 0.15) is 26.7 Å². The first-order valence-corrected chi connectivity index (χ1v) is 6.78. The van der Waals surface area contributed by atoms with E-state index in [4.69, 9.17) is 4.74 Å². The zero-order valence-corrected chi connectivity index (χ0v) is 11.2. The van der Waals surface area contributed by atoms with E-state index in [2.05, 4.69) is 0 Å². The van der Waals surface area contributed by atoms with Crippen LogP contribution in [0.2, 0.25) is 0 Å². The molecule has 0 radical (unpaired) electrons. The van der Waals surface area contributed by atoms with Crippen molar-refractivity contribution in [1.29, 1.82) is 0 Å². The van der Waals surface area contributed by atoms with Gasteiger partial charge in [0.25, 0.3) is 0 Å². The quantitative estimate of drug-likeness (QED) is 0.720. The van der Waals surface area contributed by atoms with Gasteiger partial charge in [-0.1, -0.05) is 13.8 Å². The Kier molecular flexibility index (Phi) is 4.22. The van der Waals surface area contributed by atoms with Crippen molar-refractivity contribution in [3.8, 4) is 0 Å². The van der Waals surface area contributed by atoms with Crippen molar-refractivity contribution in [2.45, 2.75) is 32.7 Å². The van der Waals surface area contributed by atoms with Crippen molar-refractivity contribution in [3.63, 3.8) is 0 Å². The minimum atomic E-state index is -0.238. The highest BCUT2D eigenvalue weighted by molar-refractivity contribution is 5.89. The highest BCUT2D eigenvalue weighted by Gasteiger charge is 2.37. The molecule has 0 saturated carbocycles. The number of morpholine rings is 1. The van der Waals surface area contributed by atoms with Crippen LogP contribution < -0.4 is 0 Å². The second-order valence-electron chi connectivity index (χ2n) is 5.28. The molecular weight excluding hydrogens is 232 g/mol. The molecule has 18 heavy (non-hydrogen) atoms. The molecule has 2 saturated heterocycles. The van der Waals surface area contributed by atoms with Gasteiger partial charge in [-0.2, -0.15) is 0 Å². The van der Waals surface area contributed by atoms with Crippen LogP contribution in [0, 0.1) is 5.92 Å². The average Bonchev–Trinajstić information content (AvgIpc) is 2.87. The summed E-state index contributed by atoms with van der Waals surface area (Å²) in [6, 6.07) is -0.238. The van der Waals surface area contributed by atoms with Crippen LogP contribution in [0.15, 0.2) is 0 Å². The molecule has 2 rings (SSSR count). The lowest BCUT2D eigenvalue weighted by atomic mass is 10.1. The summed E-state index contributed by atoms with van der Waals surface area (Å²) in [5.41, 5.74) is 0. The molecule has 1 unspecified atom stereocenters. The summed E-state index contributed by atoms with van der Waals surface area (Å²) >= 11 is 0. The lowest BCUT2D eigenvalue weighted by molar-refractivity contribution is -0.147. The van der Waals surface area contributed by atoms with E-state index in [1.807, 2.05) is 18.7 Å². The third kappa shape index (κ3) is 2.66. The third-order valence-corrected chi connectivity index (χ3v) is 3.64. The average molecular weight is 254 g/mol. The number of hydrogen-bond donors (Lipinski definition) is 0. The first-order chi connectivity index (χ1) is 8.61. The smallest absolute Gasteiger partial charge is 0.245 e. The fraction of sp³-hybridized carbons (Fsp3) is 0.846. The second-order valence-corrected chi connectivity index (χ2v) is 5.28. The molecule has 2 amide bonds. The molecule has 2 heterocycles. The second kappa shape index (κ2) is 5.69. The van der Waals surface area contributed by atoms with Gasteiger partial charge in [0.2, 0.25) is 11.8 Å². The Hall–Kier alpha value is -1.10. The molecule has 2 aliphatic rings. The van der Waals surface area contributed by atoms with Crippen LogP contribution in [0.5, 0.6) is 0 Å². The molecule has 102 valence electrons. The summed E-state index contributed by atoms with van der Waals surface area (Å²) in [6.07, 6.45) is 1.73. The van der Waals surface area contributed by atoms with Gasteiger partial charge in [0.15, 0.2) is 0 Å². The van der Waals surface area contributed by atoms with Crippen molar-refractivity contribution in [1.82, 2.24) is 9.80 Å². The maximum Gasteiger partial charge on any atom is 0.245 e. The SMILES string of the molecule is CC(C)C(=O)N1CCCC1C(=O)N1CCOCC1. The number of nitrogens with zero attached hydrogens (tertiary/aromatic N) is 2. The fourth-order valence-corrected chi connectivity index (χ4v) is 2.61. The van der Waals surface area contributed by atoms with E-state index >= 15 is 0 Å². The molecule has 0 aromatic carbocycles. The number of carbonyl (C=O) groups is 2. The highest BCUT2D eigenvalue weighted by atomic mass is 16.5. The Morgan fingerprint density at radius 3 is 2.44 bits per heavy atom. The van der Waals surface area contributed by atoms with Crippen molar-refractivity contribution in [2.24, 2.45) is 5.92 Å². The van der Waals surface area contributed by atoms with E-state index in [0.717, 1.165) is 19.4 Å². The van der Waals surface area contributed by atoms with Crippen LogP contribution in [0.3, 0.4) is 0 Å². The monoisotopic (exact) mass is 254 g/mol. The van der Waals surface area contributed by atoms with Gasteiger partial charge < -0.3 is 14.5 Å². The lowest BCUT2D eigenvalue weighted by Crippen LogP contribution is -2.51. The van der Waals surface area contributed by atoms with Gasteiger partial charge in [-0.3, -0.25) is 9.59 Å². The van der Waals surface area contributed by atoms with Gasteiger partial charge in [0.1, 0.15) is 6.04 Å².